The van der Waals surface area contributed by atoms with Crippen LogP contribution in [-0.4, -0.2) is 24.7 Å². The highest BCUT2D eigenvalue weighted by Crippen LogP contribution is 2.26. The van der Waals surface area contributed by atoms with Crippen LogP contribution in [-0.2, 0) is 9.53 Å². The van der Waals surface area contributed by atoms with Crippen LogP contribution in [0, 0.1) is 6.92 Å². The van der Waals surface area contributed by atoms with Crippen molar-refractivity contribution in [3.05, 3.63) is 35.4 Å². The Bertz CT molecular complexity index is 460. The second kappa shape index (κ2) is 7.45. The summed E-state index contributed by atoms with van der Waals surface area (Å²) in [6, 6.07) is 7.30. The maximum absolute atomic E-state index is 12.7. The summed E-state index contributed by atoms with van der Waals surface area (Å²) in [7, 11) is 0. The lowest BCUT2D eigenvalue weighted by Gasteiger charge is -2.31. The molecule has 0 saturated heterocycles. The summed E-state index contributed by atoms with van der Waals surface area (Å²) < 4.78 is 42.9. The van der Waals surface area contributed by atoms with E-state index in [2.05, 4.69) is 5.32 Å². The molecule has 0 radical (unpaired) electrons. The predicted molar refractivity (Wildman–Crippen MR) is 73.8 cm³/mol. The summed E-state index contributed by atoms with van der Waals surface area (Å²) in [6.45, 7) is 4.21. The minimum atomic E-state index is -3.12. The monoisotopic (exact) mass is 303 g/mol. The van der Waals surface area contributed by atoms with Crippen molar-refractivity contribution in [3.63, 3.8) is 0 Å². The van der Waals surface area contributed by atoms with Crippen molar-refractivity contribution >= 4 is 5.91 Å². The maximum atomic E-state index is 12.7. The van der Waals surface area contributed by atoms with E-state index < -0.39 is 30.8 Å². The fraction of sp³-hybridized carbons (Fsp3) is 0.533. The Morgan fingerprint density at radius 1 is 1.29 bits per heavy atom. The van der Waals surface area contributed by atoms with Crippen molar-refractivity contribution in [3.8, 4) is 0 Å². The van der Waals surface area contributed by atoms with Crippen molar-refractivity contribution in [1.29, 1.82) is 0 Å². The molecule has 0 aliphatic rings. The van der Waals surface area contributed by atoms with E-state index in [-0.39, 0.29) is 6.42 Å². The minimum absolute atomic E-state index is 0.0804. The molecule has 0 spiro atoms. The first kappa shape index (κ1) is 17.5. The Balaban J connectivity index is 2.81. The van der Waals surface area contributed by atoms with Gasteiger partial charge in [0.25, 0.3) is 5.91 Å². The van der Waals surface area contributed by atoms with Crippen molar-refractivity contribution in [2.24, 2.45) is 0 Å². The minimum Gasteiger partial charge on any atom is -0.348 e. The Morgan fingerprint density at radius 2 is 1.86 bits per heavy atom. The molecule has 1 aromatic carbocycles. The number of halogens is 3. The molecule has 0 aliphatic carbocycles. The lowest BCUT2D eigenvalue weighted by molar-refractivity contribution is -0.148. The molecule has 6 heteroatoms. The summed E-state index contributed by atoms with van der Waals surface area (Å²) in [5.41, 5.74) is 0.457. The van der Waals surface area contributed by atoms with Crippen molar-refractivity contribution in [2.75, 3.05) is 6.67 Å². The molecule has 1 amide bonds. The third kappa shape index (κ3) is 5.75. The summed E-state index contributed by atoms with van der Waals surface area (Å²) in [5.74, 6) is -1.41. The Kier molecular flexibility index (Phi) is 6.20. The van der Waals surface area contributed by atoms with E-state index in [0.29, 0.717) is 0 Å². The number of carbonyl (C=O) groups is 1. The van der Waals surface area contributed by atoms with E-state index in [0.717, 1.165) is 11.1 Å². The molecule has 0 fully saturated rings. The highest BCUT2D eigenvalue weighted by molar-refractivity contribution is 5.79. The summed E-state index contributed by atoms with van der Waals surface area (Å²) >= 11 is 0. The highest BCUT2D eigenvalue weighted by Gasteiger charge is 2.29. The molecule has 118 valence electrons. The molecule has 1 aromatic rings. The van der Waals surface area contributed by atoms with Crippen LogP contribution in [0.2, 0.25) is 0 Å². The first-order valence-corrected chi connectivity index (χ1v) is 6.65. The van der Waals surface area contributed by atoms with E-state index in [1.54, 1.807) is 12.1 Å². The first-order valence-electron chi connectivity index (χ1n) is 6.65. The molecule has 21 heavy (non-hydrogen) atoms. The third-order valence-electron chi connectivity index (χ3n) is 2.88. The van der Waals surface area contributed by atoms with Crippen LogP contribution in [0.3, 0.4) is 0 Å². The Labute approximate surface area is 122 Å². The Morgan fingerprint density at radius 3 is 2.33 bits per heavy atom. The number of hydrogen-bond acceptors (Lipinski definition) is 2. The van der Waals surface area contributed by atoms with Gasteiger partial charge in [0.1, 0.15) is 5.72 Å². The second-order valence-corrected chi connectivity index (χ2v) is 5.30. The second-order valence-electron chi connectivity index (χ2n) is 5.30. The third-order valence-corrected chi connectivity index (χ3v) is 2.88. The average Bonchev–Trinajstić information content (AvgIpc) is 2.38. The van der Waals surface area contributed by atoms with Gasteiger partial charge >= 0.3 is 6.43 Å². The zero-order valence-corrected chi connectivity index (χ0v) is 12.3. The highest BCUT2D eigenvalue weighted by atomic mass is 19.3. The molecule has 1 rings (SSSR count). The van der Waals surface area contributed by atoms with Gasteiger partial charge in [0.15, 0.2) is 0 Å². The van der Waals surface area contributed by atoms with Crippen LogP contribution in [0.1, 0.15) is 37.5 Å². The van der Waals surface area contributed by atoms with Crippen LogP contribution in [0.25, 0.3) is 0 Å². The number of alkyl halides is 3. The van der Waals surface area contributed by atoms with Gasteiger partial charge < -0.3 is 10.1 Å². The van der Waals surface area contributed by atoms with Crippen LogP contribution >= 0.6 is 0 Å². The van der Waals surface area contributed by atoms with Gasteiger partial charge in [-0.1, -0.05) is 29.8 Å². The van der Waals surface area contributed by atoms with Crippen LogP contribution < -0.4 is 5.32 Å². The fourth-order valence-corrected chi connectivity index (χ4v) is 1.91. The van der Waals surface area contributed by atoms with Gasteiger partial charge in [0.05, 0.1) is 12.8 Å². The van der Waals surface area contributed by atoms with E-state index in [1.165, 1.54) is 13.8 Å². The first-order chi connectivity index (χ1) is 9.75. The van der Waals surface area contributed by atoms with Crippen LogP contribution in [0.4, 0.5) is 13.2 Å². The van der Waals surface area contributed by atoms with Gasteiger partial charge in [-0.05, 0) is 26.3 Å². The van der Waals surface area contributed by atoms with Gasteiger partial charge in [-0.3, -0.25) is 9.18 Å². The number of nitrogens with one attached hydrogen (secondary N) is 1. The molecule has 0 aromatic heterocycles. The SMILES string of the molecule is Cc1ccc([C@H](CCF)OC(C)(C)NC(=O)C(F)F)cc1. The van der Waals surface area contributed by atoms with Crippen molar-refractivity contribution < 1.29 is 22.7 Å². The molecule has 0 saturated carbocycles. The normalized spacial score (nSPS) is 13.3. The molecule has 0 unspecified atom stereocenters. The van der Waals surface area contributed by atoms with Gasteiger partial charge in [0.2, 0.25) is 0 Å². The number of amides is 1. The largest absolute Gasteiger partial charge is 0.348 e. The van der Waals surface area contributed by atoms with Gasteiger partial charge in [-0.15, -0.1) is 0 Å². The number of aryl methyl sites for hydroxylation is 1. The number of benzene rings is 1. The Hall–Kier alpha value is -1.56. The summed E-state index contributed by atoms with van der Waals surface area (Å²) in [4.78, 5) is 11.1. The number of hydrogen-bond donors (Lipinski definition) is 1. The lowest BCUT2D eigenvalue weighted by Crippen LogP contribution is -2.48. The summed E-state index contributed by atoms with van der Waals surface area (Å²) in [6.07, 6.45) is -3.66. The van der Waals surface area contributed by atoms with Gasteiger partial charge in [-0.2, -0.15) is 8.78 Å². The maximum Gasteiger partial charge on any atom is 0.315 e. The van der Waals surface area contributed by atoms with E-state index >= 15 is 0 Å². The average molecular weight is 303 g/mol. The number of carbonyl (C=O) groups excluding carboxylic acids is 1. The molecule has 0 aliphatic heterocycles. The molecule has 0 heterocycles. The van der Waals surface area contributed by atoms with Gasteiger partial charge in [-0.25, -0.2) is 0 Å². The molecule has 3 nitrogen and oxygen atoms in total. The quantitative estimate of drug-likeness (QED) is 0.783. The number of rotatable bonds is 7. The van der Waals surface area contributed by atoms with Crippen LogP contribution in [0.5, 0.6) is 0 Å². The fourth-order valence-electron chi connectivity index (χ4n) is 1.91. The molecular weight excluding hydrogens is 283 g/mol. The predicted octanol–water partition coefficient (Wildman–Crippen LogP) is 3.53. The molecule has 1 N–H and O–H groups in total. The van der Waals surface area contributed by atoms with Crippen molar-refractivity contribution in [1.82, 2.24) is 5.32 Å². The molecule has 1 atom stereocenters. The van der Waals surface area contributed by atoms with Crippen LogP contribution in [0.15, 0.2) is 24.3 Å². The van der Waals surface area contributed by atoms with Crippen molar-refractivity contribution in [2.45, 2.75) is 45.4 Å². The topological polar surface area (TPSA) is 38.3 Å². The van der Waals surface area contributed by atoms with E-state index in [9.17, 15) is 18.0 Å². The smallest absolute Gasteiger partial charge is 0.315 e. The van der Waals surface area contributed by atoms with E-state index in [4.69, 9.17) is 4.74 Å². The zero-order valence-electron chi connectivity index (χ0n) is 12.3. The van der Waals surface area contributed by atoms with Gasteiger partial charge in [0, 0.05) is 6.42 Å². The summed E-state index contributed by atoms with van der Waals surface area (Å²) in [5, 5.41) is 2.09. The molecular formula is C15H20F3NO2. The lowest BCUT2D eigenvalue weighted by atomic mass is 10.0. The zero-order chi connectivity index (χ0) is 16.0. The standard InChI is InChI=1S/C15H20F3NO2/c1-10-4-6-11(7-5-10)12(8-9-16)21-15(2,3)19-14(20)13(17)18/h4-7,12-13H,8-9H2,1-3H3,(H,19,20)/t12-/m0/s1. The van der Waals surface area contributed by atoms with E-state index in [1.807, 2.05) is 19.1 Å². The molecule has 0 bridgehead atoms. The number of ether oxygens (including phenoxy) is 1.